The van der Waals surface area contributed by atoms with E-state index in [1.807, 2.05) is 19.1 Å². The molecule has 1 spiro atoms. The van der Waals surface area contributed by atoms with E-state index in [4.69, 9.17) is 24.9 Å². The molecule has 6 nitrogen and oxygen atoms in total. The highest BCUT2D eigenvalue weighted by Crippen LogP contribution is 2.54. The van der Waals surface area contributed by atoms with Crippen molar-refractivity contribution in [3.8, 4) is 17.6 Å². The summed E-state index contributed by atoms with van der Waals surface area (Å²) in [7, 11) is 0. The van der Waals surface area contributed by atoms with Crippen molar-refractivity contribution in [2.45, 2.75) is 30.7 Å². The van der Waals surface area contributed by atoms with E-state index in [0.717, 1.165) is 0 Å². The quantitative estimate of drug-likeness (QED) is 0.500. The normalized spacial score (nSPS) is 27.9. The van der Waals surface area contributed by atoms with Gasteiger partial charge in [-0.2, -0.15) is 4.39 Å². The average molecular weight is 475 g/mol. The van der Waals surface area contributed by atoms with Crippen molar-refractivity contribution in [1.29, 1.82) is 0 Å². The Morgan fingerprint density at radius 3 is 2.66 bits per heavy atom. The molecule has 1 fully saturated rings. The number of rotatable bonds is 1. The van der Waals surface area contributed by atoms with Gasteiger partial charge in [0.15, 0.2) is 11.6 Å². The van der Waals surface area contributed by atoms with Crippen molar-refractivity contribution in [2.24, 2.45) is 16.1 Å². The summed E-state index contributed by atoms with van der Waals surface area (Å²) in [4.78, 5) is 8.58. The molecule has 6 rings (SSSR count). The molecular weight excluding hydrogens is 452 g/mol. The molecule has 0 radical (unpaired) electrons. The van der Waals surface area contributed by atoms with E-state index in [1.165, 1.54) is 12.3 Å². The molecular formula is C27H23F2N3O3. The molecule has 0 saturated carbocycles. The zero-order valence-electron chi connectivity index (χ0n) is 19.1. The van der Waals surface area contributed by atoms with Gasteiger partial charge in [-0.25, -0.2) is 14.4 Å². The number of hydrogen-bond donors (Lipinski definition) is 1. The van der Waals surface area contributed by atoms with Crippen LogP contribution in [0.15, 0.2) is 65.0 Å². The Morgan fingerprint density at radius 1 is 1.09 bits per heavy atom. The smallest absolute Gasteiger partial charge is 0.283 e. The van der Waals surface area contributed by atoms with Gasteiger partial charge in [-0.1, -0.05) is 36.1 Å². The highest BCUT2D eigenvalue weighted by atomic mass is 19.1. The summed E-state index contributed by atoms with van der Waals surface area (Å²) in [6.07, 6.45) is 5.85. The van der Waals surface area contributed by atoms with Gasteiger partial charge in [-0.3, -0.25) is 0 Å². The number of aliphatic imine (C=N–C) groups is 1. The van der Waals surface area contributed by atoms with Gasteiger partial charge in [0.05, 0.1) is 30.7 Å². The summed E-state index contributed by atoms with van der Waals surface area (Å²) in [5.41, 5.74) is 5.17. The number of para-hydroxylation sites is 1. The first-order valence-corrected chi connectivity index (χ1v) is 11.5. The average Bonchev–Trinajstić information content (AvgIpc) is 2.83. The van der Waals surface area contributed by atoms with E-state index in [9.17, 15) is 4.39 Å². The minimum Gasteiger partial charge on any atom is -0.465 e. The second-order valence-electron chi connectivity index (χ2n) is 9.57. The Kier molecular flexibility index (Phi) is 4.77. The summed E-state index contributed by atoms with van der Waals surface area (Å²) in [6.45, 7) is 3.33. The van der Waals surface area contributed by atoms with Gasteiger partial charge in [0.25, 0.3) is 6.02 Å². The molecule has 1 aromatic carbocycles. The third-order valence-electron chi connectivity index (χ3n) is 7.02. The zero-order valence-corrected chi connectivity index (χ0v) is 19.1. The molecule has 35 heavy (non-hydrogen) atoms. The van der Waals surface area contributed by atoms with Crippen LogP contribution in [0.3, 0.4) is 0 Å². The first-order chi connectivity index (χ1) is 16.8. The van der Waals surface area contributed by atoms with E-state index in [2.05, 4.69) is 16.8 Å². The lowest BCUT2D eigenvalue weighted by atomic mass is 9.67. The Labute approximate surface area is 201 Å². The summed E-state index contributed by atoms with van der Waals surface area (Å²) < 4.78 is 46.9. The van der Waals surface area contributed by atoms with Crippen LogP contribution < -0.4 is 10.5 Å². The Balaban J connectivity index is 1.61. The molecule has 1 unspecified atom stereocenters. The molecule has 0 bridgehead atoms. The molecule has 2 N–H and O–H groups in total. The summed E-state index contributed by atoms with van der Waals surface area (Å²) >= 11 is 0. The second kappa shape index (κ2) is 7.65. The van der Waals surface area contributed by atoms with Crippen LogP contribution in [0, 0.1) is 29.0 Å². The van der Waals surface area contributed by atoms with Crippen LogP contribution >= 0.6 is 0 Å². The van der Waals surface area contributed by atoms with Gasteiger partial charge >= 0.3 is 0 Å². The van der Waals surface area contributed by atoms with Crippen LogP contribution in [-0.4, -0.2) is 30.8 Å². The molecule has 1 saturated heterocycles. The highest BCUT2D eigenvalue weighted by Gasteiger charge is 2.50. The maximum atomic E-state index is 15.1. The van der Waals surface area contributed by atoms with Crippen molar-refractivity contribution in [3.63, 3.8) is 0 Å². The number of halogens is 2. The number of pyridine rings is 1. The summed E-state index contributed by atoms with van der Waals surface area (Å²) in [5, 5.41) is 0. The Bertz CT molecular complexity index is 1390. The Hall–Kier alpha value is -3.70. The fourth-order valence-electron chi connectivity index (χ4n) is 5.13. The lowest BCUT2D eigenvalue weighted by molar-refractivity contribution is -0.0649. The SMILES string of the molecule is CC1(C#CC2(c3cccnc3F)C=C3C(=CC2)Oc2c(F)cccc2[C@]32CCOC(N)=N2)COC1. The minimum absolute atomic E-state index is 0.00237. The van der Waals surface area contributed by atoms with Crippen LogP contribution in [0.2, 0.25) is 0 Å². The maximum absolute atomic E-state index is 15.1. The van der Waals surface area contributed by atoms with E-state index in [0.29, 0.717) is 48.5 Å². The fourth-order valence-corrected chi connectivity index (χ4v) is 5.13. The van der Waals surface area contributed by atoms with Crippen LogP contribution in [0.5, 0.6) is 5.75 Å². The molecule has 4 heterocycles. The predicted octanol–water partition coefficient (Wildman–Crippen LogP) is 3.87. The third-order valence-corrected chi connectivity index (χ3v) is 7.02. The van der Waals surface area contributed by atoms with E-state index >= 15 is 4.39 Å². The number of nitrogens with two attached hydrogens (primary N) is 1. The predicted molar refractivity (Wildman–Crippen MR) is 124 cm³/mol. The van der Waals surface area contributed by atoms with E-state index in [-0.39, 0.29) is 23.8 Å². The first-order valence-electron chi connectivity index (χ1n) is 11.5. The van der Waals surface area contributed by atoms with E-state index < -0.39 is 22.7 Å². The minimum atomic E-state index is -1.06. The third kappa shape index (κ3) is 3.34. The molecule has 178 valence electrons. The lowest BCUT2D eigenvalue weighted by Crippen LogP contribution is -2.43. The van der Waals surface area contributed by atoms with Gasteiger partial charge in [0.2, 0.25) is 5.95 Å². The molecule has 4 aliphatic rings. The summed E-state index contributed by atoms with van der Waals surface area (Å²) in [5.74, 6) is 6.17. The molecule has 2 aromatic rings. The van der Waals surface area contributed by atoms with Crippen LogP contribution in [-0.2, 0) is 20.4 Å². The number of amidine groups is 1. The number of aromatic nitrogens is 1. The second-order valence-corrected chi connectivity index (χ2v) is 9.57. The molecule has 8 heteroatoms. The van der Waals surface area contributed by atoms with Crippen LogP contribution in [0.4, 0.5) is 8.78 Å². The zero-order chi connectivity index (χ0) is 24.3. The highest BCUT2D eigenvalue weighted by molar-refractivity contribution is 5.75. The first kappa shape index (κ1) is 21.8. The molecule has 1 aromatic heterocycles. The molecule has 3 aliphatic heterocycles. The standard InChI is InChI=1S/C27H23F2N3O3/c1-25(15-33-16-25)9-10-26(18-5-3-12-31-23(18)29)8-7-21-19(14-26)27(11-13-34-24(30)32-27)17-4-2-6-20(28)22(17)35-21/h2-7,12,14H,8,11,13,15-16H2,1H3,(H2,30,32)/t26?,27-/m1/s1. The van der Waals surface area contributed by atoms with Crippen molar-refractivity contribution >= 4 is 6.02 Å². The van der Waals surface area contributed by atoms with Crippen molar-refractivity contribution in [2.75, 3.05) is 19.8 Å². The maximum Gasteiger partial charge on any atom is 0.283 e. The molecule has 1 aliphatic carbocycles. The fraction of sp³-hybridized carbons (Fsp3) is 0.333. The van der Waals surface area contributed by atoms with Crippen molar-refractivity contribution in [1.82, 2.24) is 4.98 Å². The monoisotopic (exact) mass is 475 g/mol. The lowest BCUT2D eigenvalue weighted by Gasteiger charge is -2.44. The van der Waals surface area contributed by atoms with Crippen LogP contribution in [0.25, 0.3) is 0 Å². The van der Waals surface area contributed by atoms with Gasteiger partial charge in [0.1, 0.15) is 11.3 Å². The number of hydrogen-bond acceptors (Lipinski definition) is 6. The molecule has 0 amide bonds. The number of ether oxygens (including phenoxy) is 3. The van der Waals surface area contributed by atoms with E-state index in [1.54, 1.807) is 24.3 Å². The number of fused-ring (bicyclic) bond motifs is 4. The van der Waals surface area contributed by atoms with Gasteiger partial charge in [0, 0.05) is 29.3 Å². The van der Waals surface area contributed by atoms with Crippen molar-refractivity contribution in [3.05, 3.63) is 82.9 Å². The Morgan fingerprint density at radius 2 is 1.91 bits per heavy atom. The number of benzene rings is 1. The van der Waals surface area contributed by atoms with Gasteiger partial charge in [-0.05, 0) is 31.6 Å². The van der Waals surface area contributed by atoms with Crippen LogP contribution in [0.1, 0.15) is 30.9 Å². The number of allylic oxidation sites excluding steroid dienone is 2. The number of nitrogens with zero attached hydrogens (tertiary/aromatic N) is 2. The topological polar surface area (TPSA) is 79.0 Å². The van der Waals surface area contributed by atoms with Gasteiger partial charge in [-0.15, -0.1) is 0 Å². The van der Waals surface area contributed by atoms with Gasteiger partial charge < -0.3 is 19.9 Å². The molecule has 2 atom stereocenters. The largest absolute Gasteiger partial charge is 0.465 e. The van der Waals surface area contributed by atoms with Crippen molar-refractivity contribution < 1.29 is 23.0 Å². The summed E-state index contributed by atoms with van der Waals surface area (Å²) in [6, 6.07) is 8.12.